The number of hydrogen-bond acceptors (Lipinski definition) is 4. The minimum absolute atomic E-state index is 0.353. The molecule has 0 spiro atoms. The van der Waals surface area contributed by atoms with Crippen molar-refractivity contribution in [1.29, 1.82) is 5.26 Å². The molecular formula is C26H27BrN3O2+. The second kappa shape index (κ2) is 10.1. The Morgan fingerprint density at radius 3 is 2.66 bits per heavy atom. The molecule has 0 amide bonds. The number of benzene rings is 2. The number of hydrogen-bond donors (Lipinski definition) is 1. The fourth-order valence-electron chi connectivity index (χ4n) is 4.38. The van der Waals surface area contributed by atoms with Crippen LogP contribution in [0.15, 0.2) is 46.9 Å². The number of rotatable bonds is 5. The molecule has 1 heterocycles. The highest BCUT2D eigenvalue weighted by molar-refractivity contribution is 9.10. The maximum atomic E-state index is 9.93. The number of ether oxygens (including phenoxy) is 2. The number of aromatic nitrogens is 1. The predicted molar refractivity (Wildman–Crippen MR) is 128 cm³/mol. The van der Waals surface area contributed by atoms with Crippen molar-refractivity contribution in [3.05, 3.63) is 69.3 Å². The van der Waals surface area contributed by atoms with E-state index < -0.39 is 0 Å². The molecule has 2 aromatic carbocycles. The Balaban J connectivity index is 1.78. The van der Waals surface area contributed by atoms with Gasteiger partial charge in [-0.3, -0.25) is 5.73 Å². The fourth-order valence-corrected chi connectivity index (χ4v) is 4.76. The van der Waals surface area contributed by atoms with Crippen LogP contribution in [0.5, 0.6) is 11.5 Å². The zero-order valence-corrected chi connectivity index (χ0v) is 19.8. The highest BCUT2D eigenvalue weighted by Crippen LogP contribution is 2.36. The number of nitrogens with zero attached hydrogens (tertiary/aromatic N) is 1. The molecule has 4 rings (SSSR count). The van der Waals surface area contributed by atoms with Crippen molar-refractivity contribution in [3.8, 4) is 28.7 Å². The van der Waals surface area contributed by atoms with Gasteiger partial charge in [-0.2, -0.15) is 5.26 Å². The van der Waals surface area contributed by atoms with Crippen LogP contribution in [0.4, 0.5) is 5.82 Å². The summed E-state index contributed by atoms with van der Waals surface area (Å²) in [6, 6.07) is 16.1. The molecule has 1 aliphatic carbocycles. The number of H-pyrrole nitrogens is 1. The van der Waals surface area contributed by atoms with Gasteiger partial charge in [-0.25, -0.2) is 4.98 Å². The Morgan fingerprint density at radius 1 is 1.09 bits per heavy atom. The number of anilines is 1. The minimum Gasteiger partial charge on any atom is -0.496 e. The summed E-state index contributed by atoms with van der Waals surface area (Å²) < 4.78 is 12.6. The summed E-state index contributed by atoms with van der Waals surface area (Å²) in [4.78, 5) is 3.32. The quantitative estimate of drug-likeness (QED) is 0.500. The van der Waals surface area contributed by atoms with E-state index in [1.54, 1.807) is 7.11 Å². The van der Waals surface area contributed by atoms with Gasteiger partial charge in [-0.15, -0.1) is 0 Å². The number of pyridine rings is 1. The van der Waals surface area contributed by atoms with Gasteiger partial charge in [0, 0.05) is 27.6 Å². The molecule has 3 N–H and O–H groups in total. The molecule has 0 saturated carbocycles. The van der Waals surface area contributed by atoms with Crippen LogP contribution in [0.25, 0.3) is 11.1 Å². The second-order valence-electron chi connectivity index (χ2n) is 8.04. The number of aromatic amines is 1. The van der Waals surface area contributed by atoms with Crippen LogP contribution >= 0.6 is 15.9 Å². The van der Waals surface area contributed by atoms with Crippen molar-refractivity contribution in [2.75, 3.05) is 12.8 Å². The zero-order chi connectivity index (χ0) is 22.5. The maximum Gasteiger partial charge on any atom is 0.289 e. The second-order valence-corrected chi connectivity index (χ2v) is 8.96. The molecule has 6 heteroatoms. The number of halogens is 1. The molecule has 0 atom stereocenters. The van der Waals surface area contributed by atoms with Crippen molar-refractivity contribution >= 4 is 21.7 Å². The summed E-state index contributed by atoms with van der Waals surface area (Å²) in [6.07, 6.45) is 6.56. The third-order valence-electron chi connectivity index (χ3n) is 5.95. The van der Waals surface area contributed by atoms with E-state index in [1.807, 2.05) is 36.4 Å². The van der Waals surface area contributed by atoms with E-state index in [2.05, 4.69) is 33.0 Å². The van der Waals surface area contributed by atoms with E-state index in [0.717, 1.165) is 64.0 Å². The van der Waals surface area contributed by atoms with Gasteiger partial charge in [0.1, 0.15) is 35.4 Å². The fraction of sp³-hybridized carbons (Fsp3) is 0.308. The number of nitrogen functional groups attached to an aromatic ring is 1. The topological polar surface area (TPSA) is 82.4 Å². The molecule has 5 nitrogen and oxygen atoms in total. The minimum atomic E-state index is 0.353. The monoisotopic (exact) mass is 492 g/mol. The van der Waals surface area contributed by atoms with Crippen LogP contribution < -0.4 is 20.2 Å². The van der Waals surface area contributed by atoms with Crippen molar-refractivity contribution in [3.63, 3.8) is 0 Å². The molecule has 0 saturated heterocycles. The Labute approximate surface area is 197 Å². The number of nitrogens with one attached hydrogen (secondary N) is 1. The van der Waals surface area contributed by atoms with Gasteiger partial charge in [0.05, 0.1) is 7.11 Å². The molecule has 1 aromatic heterocycles. The molecule has 0 radical (unpaired) electrons. The summed E-state index contributed by atoms with van der Waals surface area (Å²) in [7, 11) is 1.66. The highest BCUT2D eigenvalue weighted by atomic mass is 79.9. The average Bonchev–Trinajstić information content (AvgIpc) is 2.78. The number of methoxy groups -OCH3 is 1. The molecule has 0 aliphatic heterocycles. The summed E-state index contributed by atoms with van der Waals surface area (Å²) in [5.41, 5.74) is 12.0. The molecule has 0 unspecified atom stereocenters. The lowest BCUT2D eigenvalue weighted by Crippen LogP contribution is -2.23. The van der Waals surface area contributed by atoms with E-state index in [1.165, 1.54) is 18.4 Å². The van der Waals surface area contributed by atoms with Gasteiger partial charge in [0.15, 0.2) is 0 Å². The van der Waals surface area contributed by atoms with Crippen LogP contribution in [0.1, 0.15) is 48.1 Å². The van der Waals surface area contributed by atoms with Crippen molar-refractivity contribution < 1.29 is 14.5 Å². The lowest BCUT2D eigenvalue weighted by atomic mass is 9.87. The first kappa shape index (κ1) is 22.2. The number of nitrogens with two attached hydrogens (primary N) is 1. The zero-order valence-electron chi connectivity index (χ0n) is 18.2. The third kappa shape index (κ3) is 4.73. The lowest BCUT2D eigenvalue weighted by Gasteiger charge is -2.19. The first-order valence-corrected chi connectivity index (χ1v) is 11.7. The van der Waals surface area contributed by atoms with Crippen LogP contribution in [0, 0.1) is 11.3 Å². The number of aryl methyl sites for hydroxylation is 1. The molecule has 0 fully saturated rings. The first-order valence-electron chi connectivity index (χ1n) is 10.9. The summed E-state index contributed by atoms with van der Waals surface area (Å²) in [5.74, 6) is 1.96. The Kier molecular flexibility index (Phi) is 6.96. The van der Waals surface area contributed by atoms with Gasteiger partial charge in [0.25, 0.3) is 5.82 Å². The van der Waals surface area contributed by atoms with Gasteiger partial charge >= 0.3 is 0 Å². The van der Waals surface area contributed by atoms with E-state index in [-0.39, 0.29) is 0 Å². The summed E-state index contributed by atoms with van der Waals surface area (Å²) >= 11 is 3.48. The van der Waals surface area contributed by atoms with E-state index in [0.29, 0.717) is 18.0 Å². The number of nitriles is 1. The molecule has 0 bridgehead atoms. The molecule has 1 aliphatic rings. The van der Waals surface area contributed by atoms with Gasteiger partial charge < -0.3 is 9.47 Å². The Morgan fingerprint density at radius 2 is 1.91 bits per heavy atom. The van der Waals surface area contributed by atoms with E-state index in [4.69, 9.17) is 15.2 Å². The first-order chi connectivity index (χ1) is 15.6. The van der Waals surface area contributed by atoms with Crippen LogP contribution in [0.2, 0.25) is 0 Å². The van der Waals surface area contributed by atoms with Crippen LogP contribution in [0.3, 0.4) is 0 Å². The van der Waals surface area contributed by atoms with Gasteiger partial charge in [-0.1, -0.05) is 40.9 Å². The van der Waals surface area contributed by atoms with E-state index in [9.17, 15) is 5.26 Å². The summed E-state index contributed by atoms with van der Waals surface area (Å²) in [6.45, 7) is 0.353. The summed E-state index contributed by atoms with van der Waals surface area (Å²) in [5, 5.41) is 9.93. The normalized spacial score (nSPS) is 13.4. The van der Waals surface area contributed by atoms with Crippen LogP contribution in [-0.4, -0.2) is 7.11 Å². The van der Waals surface area contributed by atoms with Gasteiger partial charge in [-0.05, 0) is 55.2 Å². The van der Waals surface area contributed by atoms with Gasteiger partial charge in [0.2, 0.25) is 0 Å². The largest absolute Gasteiger partial charge is 0.496 e. The molecule has 164 valence electrons. The van der Waals surface area contributed by atoms with Crippen molar-refractivity contribution in [2.24, 2.45) is 0 Å². The molecule has 32 heavy (non-hydrogen) atoms. The van der Waals surface area contributed by atoms with Crippen molar-refractivity contribution in [2.45, 2.75) is 45.1 Å². The Hall–Kier alpha value is -3.04. The Bertz CT molecular complexity index is 1170. The average molecular weight is 493 g/mol. The van der Waals surface area contributed by atoms with Crippen LogP contribution in [-0.2, 0) is 19.4 Å². The predicted octanol–water partition coefficient (Wildman–Crippen LogP) is 5.63. The lowest BCUT2D eigenvalue weighted by molar-refractivity contribution is -0.374. The highest BCUT2D eigenvalue weighted by Gasteiger charge is 2.24. The standard InChI is InChI=1S/C26H26BrN3O2/c1-31-24-12-11-17(13-18(24)16-32-20-8-6-7-19(27)14-20)25-21-9-4-2-3-5-10-23(21)30-26(29)22(25)15-28/h6-8,11-14H,2-5,9-10,16H2,1H3,(H2,29,30)/p+1. The third-order valence-corrected chi connectivity index (χ3v) is 6.44. The van der Waals surface area contributed by atoms with Crippen molar-refractivity contribution in [1.82, 2.24) is 0 Å². The SMILES string of the molecule is COc1ccc(-c2c(C#N)c(N)[nH+]c3c2CCCCCC3)cc1COc1cccc(Br)c1. The smallest absolute Gasteiger partial charge is 0.289 e. The molecular weight excluding hydrogens is 466 g/mol. The number of fused-ring (bicyclic) bond motifs is 1. The maximum absolute atomic E-state index is 9.93. The van der Waals surface area contributed by atoms with E-state index >= 15 is 0 Å². The molecule has 3 aromatic rings.